The third kappa shape index (κ3) is 3.59. The first-order chi connectivity index (χ1) is 10.6. The van der Waals surface area contributed by atoms with Gasteiger partial charge >= 0.3 is 0 Å². The summed E-state index contributed by atoms with van der Waals surface area (Å²) < 4.78 is 5.70. The molecule has 0 aliphatic carbocycles. The number of rotatable bonds is 3. The van der Waals surface area contributed by atoms with E-state index in [2.05, 4.69) is 11.9 Å². The van der Waals surface area contributed by atoms with Crippen molar-refractivity contribution >= 4 is 5.91 Å². The fraction of sp³-hybridized carbons (Fsp3) is 0.588. The Labute approximate surface area is 131 Å². The molecule has 5 nitrogen and oxygen atoms in total. The Bertz CT molecular complexity index is 534. The average molecular weight is 304 g/mol. The molecule has 3 rings (SSSR count). The maximum Gasteiger partial charge on any atom is 0.222 e. The highest BCUT2D eigenvalue weighted by molar-refractivity contribution is 5.76. The van der Waals surface area contributed by atoms with Gasteiger partial charge in [-0.2, -0.15) is 0 Å². The minimum atomic E-state index is 0.204. The molecule has 2 aliphatic heterocycles. The highest BCUT2D eigenvalue weighted by Crippen LogP contribution is 2.19. The second-order valence-electron chi connectivity index (χ2n) is 6.47. The average Bonchev–Trinajstić information content (AvgIpc) is 2.73. The van der Waals surface area contributed by atoms with Crippen LogP contribution in [0.15, 0.2) is 24.3 Å². The van der Waals surface area contributed by atoms with Gasteiger partial charge in [-0.1, -0.05) is 12.1 Å². The molecule has 2 atom stereocenters. The molecule has 0 unspecified atom stereocenters. The molecule has 22 heavy (non-hydrogen) atoms. The molecule has 2 bridgehead atoms. The van der Waals surface area contributed by atoms with E-state index in [1.165, 1.54) is 0 Å². The second-order valence-corrected chi connectivity index (χ2v) is 6.47. The summed E-state index contributed by atoms with van der Waals surface area (Å²) in [6, 6.07) is 7.45. The number of ether oxygens (including phenoxy) is 1. The molecule has 1 amide bonds. The number of likely N-dealkylation sites (N-methyl/N-ethyl adjacent to an activating group) is 1. The van der Waals surface area contributed by atoms with Crippen LogP contribution in [0.4, 0.5) is 0 Å². The summed E-state index contributed by atoms with van der Waals surface area (Å²) in [5.74, 6) is 0.866. The molecule has 1 aromatic rings. The van der Waals surface area contributed by atoms with Crippen LogP contribution in [0.25, 0.3) is 0 Å². The number of carbonyl (C=O) groups is 1. The number of benzene rings is 1. The Kier molecular flexibility index (Phi) is 4.64. The van der Waals surface area contributed by atoms with Crippen LogP contribution >= 0.6 is 0 Å². The van der Waals surface area contributed by atoms with E-state index in [0.29, 0.717) is 31.4 Å². The molecule has 0 radical (unpaired) electrons. The third-order valence-electron chi connectivity index (χ3n) is 4.63. The first kappa shape index (κ1) is 15.3. The zero-order chi connectivity index (χ0) is 15.5. The fourth-order valence-electron chi connectivity index (χ4n) is 3.38. The van der Waals surface area contributed by atoms with Crippen LogP contribution in [0.3, 0.4) is 0 Å². The lowest BCUT2D eigenvalue weighted by molar-refractivity contribution is -0.133. The maximum absolute atomic E-state index is 12.6. The summed E-state index contributed by atoms with van der Waals surface area (Å²) in [5, 5.41) is 9.49. The lowest BCUT2D eigenvalue weighted by atomic mass is 10.1. The minimum Gasteiger partial charge on any atom is -0.508 e. The normalized spacial score (nSPS) is 25.8. The number of fused-ring (bicyclic) bond motifs is 3. The lowest BCUT2D eigenvalue weighted by Gasteiger charge is -2.29. The molecule has 0 saturated carbocycles. The molecule has 2 fully saturated rings. The lowest BCUT2D eigenvalue weighted by Crippen LogP contribution is -2.44. The number of hydrogen-bond donors (Lipinski definition) is 1. The summed E-state index contributed by atoms with van der Waals surface area (Å²) in [7, 11) is 2.12. The number of amides is 1. The molecular formula is C17H24N2O3. The van der Waals surface area contributed by atoms with Gasteiger partial charge in [0.1, 0.15) is 5.75 Å². The smallest absolute Gasteiger partial charge is 0.222 e. The number of phenols is 1. The topological polar surface area (TPSA) is 53.0 Å². The summed E-state index contributed by atoms with van der Waals surface area (Å²) >= 11 is 0. The molecule has 2 heterocycles. The largest absolute Gasteiger partial charge is 0.508 e. The number of hydrogen-bond acceptors (Lipinski definition) is 4. The molecule has 0 aromatic heterocycles. The number of nitrogens with zero attached hydrogens (tertiary/aromatic N) is 2. The van der Waals surface area contributed by atoms with Crippen LogP contribution < -0.4 is 0 Å². The summed E-state index contributed by atoms with van der Waals surface area (Å²) in [4.78, 5) is 16.9. The van der Waals surface area contributed by atoms with E-state index in [0.717, 1.165) is 31.8 Å². The van der Waals surface area contributed by atoms with Crippen LogP contribution in [-0.2, 0) is 16.0 Å². The quantitative estimate of drug-likeness (QED) is 0.909. The van der Waals surface area contributed by atoms with Crippen molar-refractivity contribution < 1.29 is 14.6 Å². The van der Waals surface area contributed by atoms with E-state index < -0.39 is 0 Å². The van der Waals surface area contributed by atoms with Gasteiger partial charge in [-0.15, -0.1) is 0 Å². The van der Waals surface area contributed by atoms with Crippen molar-refractivity contribution in [3.05, 3.63) is 29.8 Å². The number of phenolic OH excluding ortho intramolecular Hbond substituents is 1. The zero-order valence-electron chi connectivity index (χ0n) is 13.1. The van der Waals surface area contributed by atoms with E-state index >= 15 is 0 Å². The monoisotopic (exact) mass is 304 g/mol. The van der Waals surface area contributed by atoms with E-state index in [1.807, 2.05) is 17.0 Å². The van der Waals surface area contributed by atoms with Gasteiger partial charge in [0.25, 0.3) is 0 Å². The van der Waals surface area contributed by atoms with Crippen molar-refractivity contribution in [1.29, 1.82) is 0 Å². The van der Waals surface area contributed by atoms with E-state index in [9.17, 15) is 9.90 Å². The van der Waals surface area contributed by atoms with Gasteiger partial charge in [-0.05, 0) is 31.2 Å². The Morgan fingerprint density at radius 3 is 3.00 bits per heavy atom. The Morgan fingerprint density at radius 1 is 1.32 bits per heavy atom. The van der Waals surface area contributed by atoms with Gasteiger partial charge in [0.15, 0.2) is 0 Å². The van der Waals surface area contributed by atoms with Crippen LogP contribution in [0.1, 0.15) is 12.0 Å². The van der Waals surface area contributed by atoms with Gasteiger partial charge in [0, 0.05) is 32.0 Å². The van der Waals surface area contributed by atoms with E-state index in [4.69, 9.17) is 4.74 Å². The number of carbonyl (C=O) groups excluding carboxylic acids is 1. The highest BCUT2D eigenvalue weighted by atomic mass is 16.5. The molecule has 5 heteroatoms. The van der Waals surface area contributed by atoms with E-state index in [-0.39, 0.29) is 11.7 Å². The van der Waals surface area contributed by atoms with Crippen molar-refractivity contribution in [2.45, 2.75) is 18.9 Å². The van der Waals surface area contributed by atoms with Crippen LogP contribution in [0.2, 0.25) is 0 Å². The highest BCUT2D eigenvalue weighted by Gasteiger charge is 2.32. The maximum atomic E-state index is 12.6. The molecule has 120 valence electrons. The fourth-order valence-corrected chi connectivity index (χ4v) is 3.38. The van der Waals surface area contributed by atoms with Crippen LogP contribution in [-0.4, -0.2) is 66.8 Å². The van der Waals surface area contributed by atoms with Crippen LogP contribution in [0, 0.1) is 5.92 Å². The molecule has 1 aromatic carbocycles. The summed E-state index contributed by atoms with van der Waals surface area (Å²) in [6.45, 7) is 4.01. The SMILES string of the molecule is CN1C[C@H]2COC[C@@H]1CN(C(=O)CCc1cccc(O)c1)C2. The zero-order valence-corrected chi connectivity index (χ0v) is 13.1. The van der Waals surface area contributed by atoms with Crippen molar-refractivity contribution in [2.24, 2.45) is 5.92 Å². The second kappa shape index (κ2) is 6.67. The van der Waals surface area contributed by atoms with Crippen LogP contribution in [0.5, 0.6) is 5.75 Å². The van der Waals surface area contributed by atoms with Gasteiger partial charge in [0.05, 0.1) is 19.3 Å². The molecule has 2 aliphatic rings. The first-order valence-corrected chi connectivity index (χ1v) is 7.95. The summed E-state index contributed by atoms with van der Waals surface area (Å²) in [5.41, 5.74) is 1.00. The number of aryl methyl sites for hydroxylation is 1. The summed E-state index contributed by atoms with van der Waals surface area (Å²) in [6.07, 6.45) is 1.17. The molecule has 0 spiro atoms. The van der Waals surface area contributed by atoms with Gasteiger partial charge in [-0.25, -0.2) is 0 Å². The Hall–Kier alpha value is -1.59. The molecule has 2 saturated heterocycles. The standard InChI is InChI=1S/C17H24N2O3/c1-18-8-14-9-19(10-15(18)12-22-11-14)17(21)6-5-13-3-2-4-16(20)7-13/h2-4,7,14-15,20H,5-6,8-12H2,1H3/t14-,15+/m1/s1. The molecular weight excluding hydrogens is 280 g/mol. The third-order valence-corrected chi connectivity index (χ3v) is 4.63. The van der Waals surface area contributed by atoms with Gasteiger partial charge in [-0.3, -0.25) is 9.69 Å². The minimum absolute atomic E-state index is 0.204. The van der Waals surface area contributed by atoms with Crippen molar-refractivity contribution in [3.8, 4) is 5.75 Å². The van der Waals surface area contributed by atoms with Crippen molar-refractivity contribution in [2.75, 3.05) is 39.9 Å². The predicted molar refractivity (Wildman–Crippen MR) is 83.7 cm³/mol. The van der Waals surface area contributed by atoms with Crippen molar-refractivity contribution in [1.82, 2.24) is 9.80 Å². The van der Waals surface area contributed by atoms with Gasteiger partial charge < -0.3 is 14.7 Å². The van der Waals surface area contributed by atoms with Crippen molar-refractivity contribution in [3.63, 3.8) is 0 Å². The molecule has 1 N–H and O–H groups in total. The number of aromatic hydroxyl groups is 1. The first-order valence-electron chi connectivity index (χ1n) is 7.95. The Balaban J connectivity index is 1.60. The van der Waals surface area contributed by atoms with Gasteiger partial charge in [0.2, 0.25) is 5.91 Å². The predicted octanol–water partition coefficient (Wildman–Crippen LogP) is 1.11. The van der Waals surface area contributed by atoms with E-state index in [1.54, 1.807) is 12.1 Å². The Morgan fingerprint density at radius 2 is 2.18 bits per heavy atom.